The fraction of sp³-hybridized carbons (Fsp3) is 0.211. The molecule has 26 heavy (non-hydrogen) atoms. The van der Waals surface area contributed by atoms with E-state index >= 15 is 0 Å². The van der Waals surface area contributed by atoms with Crippen LogP contribution in [0.1, 0.15) is 23.2 Å². The number of nitrogens with two attached hydrogens (primary N) is 1. The van der Waals surface area contributed by atoms with Gasteiger partial charge in [-0.2, -0.15) is 0 Å². The molecule has 1 amide bonds. The monoisotopic (exact) mass is 349 g/mol. The maximum atomic E-state index is 12.4. The molecule has 1 aliphatic rings. The molecule has 0 aliphatic heterocycles. The number of anilines is 1. The molecule has 1 aliphatic carbocycles. The molecule has 0 bridgehead atoms. The maximum absolute atomic E-state index is 12.4. The molecule has 2 aromatic heterocycles. The van der Waals surface area contributed by atoms with Gasteiger partial charge in [-0.1, -0.05) is 0 Å². The molecule has 0 saturated heterocycles. The first-order valence-electron chi connectivity index (χ1n) is 8.40. The predicted molar refractivity (Wildman–Crippen MR) is 98.2 cm³/mol. The summed E-state index contributed by atoms with van der Waals surface area (Å²) >= 11 is 0. The zero-order chi connectivity index (χ0) is 18.1. The Labute approximate surface area is 150 Å². The van der Waals surface area contributed by atoms with E-state index in [1.54, 1.807) is 37.7 Å². The average Bonchev–Trinajstić information content (AvgIpc) is 3.33. The van der Waals surface area contributed by atoms with E-state index in [2.05, 4.69) is 15.3 Å². The molecule has 7 nitrogen and oxygen atoms in total. The van der Waals surface area contributed by atoms with Crippen LogP contribution >= 0.6 is 0 Å². The molecule has 2 heterocycles. The van der Waals surface area contributed by atoms with Crippen LogP contribution in [-0.2, 0) is 0 Å². The van der Waals surface area contributed by atoms with Crippen molar-refractivity contribution in [3.8, 4) is 22.8 Å². The van der Waals surface area contributed by atoms with Crippen LogP contribution in [0.3, 0.4) is 0 Å². The molecular weight excluding hydrogens is 330 g/mol. The fourth-order valence-electron chi connectivity index (χ4n) is 2.81. The van der Waals surface area contributed by atoms with Gasteiger partial charge in [-0.3, -0.25) is 9.36 Å². The van der Waals surface area contributed by atoms with Crippen LogP contribution in [0.15, 0.2) is 48.9 Å². The number of nitrogens with one attached hydrogen (secondary N) is 1. The molecule has 0 unspecified atom stereocenters. The van der Waals surface area contributed by atoms with Crippen LogP contribution in [0, 0.1) is 0 Å². The first kappa shape index (κ1) is 16.1. The van der Waals surface area contributed by atoms with Gasteiger partial charge in [-0.15, -0.1) is 0 Å². The quantitative estimate of drug-likeness (QED) is 0.737. The standard InChI is InChI=1S/C19H19N5O2/c1-26-16-5-2-13(19(25)23-14-3-4-14)10-15(16)24-9-8-22-18(24)12-6-7-21-17(20)11-12/h2,5-11,14H,3-4H2,1H3,(H2,20,21)(H,23,25). The van der Waals surface area contributed by atoms with Gasteiger partial charge >= 0.3 is 0 Å². The molecule has 1 fully saturated rings. The number of carbonyl (C=O) groups excluding carboxylic acids is 1. The molecule has 0 radical (unpaired) electrons. The summed E-state index contributed by atoms with van der Waals surface area (Å²) in [5, 5.41) is 3.00. The fourth-order valence-corrected chi connectivity index (χ4v) is 2.81. The van der Waals surface area contributed by atoms with Crippen molar-refractivity contribution in [2.24, 2.45) is 0 Å². The lowest BCUT2D eigenvalue weighted by atomic mass is 10.1. The van der Waals surface area contributed by atoms with E-state index < -0.39 is 0 Å². The lowest BCUT2D eigenvalue weighted by Crippen LogP contribution is -2.25. The van der Waals surface area contributed by atoms with Gasteiger partial charge in [-0.25, -0.2) is 9.97 Å². The van der Waals surface area contributed by atoms with Gasteiger partial charge in [0.15, 0.2) is 0 Å². The number of benzene rings is 1. The van der Waals surface area contributed by atoms with Crippen molar-refractivity contribution in [3.63, 3.8) is 0 Å². The Morgan fingerprint density at radius 1 is 1.23 bits per heavy atom. The Kier molecular flexibility index (Phi) is 4.04. The Morgan fingerprint density at radius 3 is 2.81 bits per heavy atom. The minimum atomic E-state index is -0.0776. The molecule has 3 N–H and O–H groups in total. The van der Waals surface area contributed by atoms with Crippen LogP contribution < -0.4 is 15.8 Å². The first-order chi connectivity index (χ1) is 12.7. The topological polar surface area (TPSA) is 95.1 Å². The number of methoxy groups -OCH3 is 1. The predicted octanol–water partition coefficient (Wildman–Crippen LogP) is 2.42. The van der Waals surface area contributed by atoms with Gasteiger partial charge in [0.2, 0.25) is 0 Å². The second-order valence-corrected chi connectivity index (χ2v) is 6.22. The van der Waals surface area contributed by atoms with Gasteiger partial charge in [0.1, 0.15) is 17.4 Å². The van der Waals surface area contributed by atoms with Gasteiger partial charge in [0.05, 0.1) is 12.8 Å². The summed E-state index contributed by atoms with van der Waals surface area (Å²) < 4.78 is 7.37. The van der Waals surface area contributed by atoms with Crippen molar-refractivity contribution < 1.29 is 9.53 Å². The van der Waals surface area contributed by atoms with E-state index in [0.29, 0.717) is 29.0 Å². The summed E-state index contributed by atoms with van der Waals surface area (Å²) in [6.45, 7) is 0. The number of aromatic nitrogens is 3. The zero-order valence-electron chi connectivity index (χ0n) is 14.3. The SMILES string of the molecule is COc1ccc(C(=O)NC2CC2)cc1-n1ccnc1-c1ccnc(N)c1. The van der Waals surface area contributed by atoms with Crippen molar-refractivity contribution in [1.82, 2.24) is 19.9 Å². The number of carbonyl (C=O) groups is 1. The summed E-state index contributed by atoms with van der Waals surface area (Å²) in [7, 11) is 1.60. The first-order valence-corrected chi connectivity index (χ1v) is 8.40. The second kappa shape index (κ2) is 6.51. The lowest BCUT2D eigenvalue weighted by molar-refractivity contribution is 0.0951. The summed E-state index contributed by atoms with van der Waals surface area (Å²) in [5.41, 5.74) is 7.95. The van der Waals surface area contributed by atoms with Crippen molar-refractivity contribution in [2.45, 2.75) is 18.9 Å². The number of hydrogen-bond acceptors (Lipinski definition) is 5. The molecule has 3 aromatic rings. The molecular formula is C19H19N5O2. The third-order valence-corrected chi connectivity index (χ3v) is 4.29. The highest BCUT2D eigenvalue weighted by molar-refractivity contribution is 5.95. The van der Waals surface area contributed by atoms with Gasteiger partial charge < -0.3 is 15.8 Å². The number of nitrogen functional groups attached to an aromatic ring is 1. The number of ether oxygens (including phenoxy) is 1. The summed E-state index contributed by atoms with van der Waals surface area (Å²) in [6.07, 6.45) is 7.25. The van der Waals surface area contributed by atoms with Crippen molar-refractivity contribution >= 4 is 11.7 Å². The lowest BCUT2D eigenvalue weighted by Gasteiger charge is -2.14. The second-order valence-electron chi connectivity index (χ2n) is 6.22. The van der Waals surface area contributed by atoms with E-state index in [4.69, 9.17) is 10.5 Å². The van der Waals surface area contributed by atoms with Gasteiger partial charge in [-0.05, 0) is 43.2 Å². The Balaban J connectivity index is 1.77. The average molecular weight is 349 g/mol. The van der Waals surface area contributed by atoms with Crippen LogP contribution in [-0.4, -0.2) is 33.6 Å². The zero-order valence-corrected chi connectivity index (χ0v) is 14.3. The number of hydrogen-bond donors (Lipinski definition) is 2. The summed E-state index contributed by atoms with van der Waals surface area (Å²) in [6, 6.07) is 9.27. The largest absolute Gasteiger partial charge is 0.495 e. The molecule has 1 saturated carbocycles. The number of amides is 1. The number of imidazole rings is 1. The molecule has 132 valence electrons. The third-order valence-electron chi connectivity index (χ3n) is 4.29. The third kappa shape index (κ3) is 3.11. The van der Waals surface area contributed by atoms with Crippen LogP contribution in [0.25, 0.3) is 17.1 Å². The normalized spacial score (nSPS) is 13.4. The highest BCUT2D eigenvalue weighted by Crippen LogP contribution is 2.29. The van der Waals surface area contributed by atoms with Crippen molar-refractivity contribution in [1.29, 1.82) is 0 Å². The summed E-state index contributed by atoms with van der Waals surface area (Å²) in [5.74, 6) is 1.68. The van der Waals surface area contributed by atoms with Gasteiger partial charge in [0, 0.05) is 35.8 Å². The van der Waals surface area contributed by atoms with Crippen LogP contribution in [0.2, 0.25) is 0 Å². The van der Waals surface area contributed by atoms with E-state index in [0.717, 1.165) is 24.1 Å². The molecule has 0 spiro atoms. The van der Waals surface area contributed by atoms with E-state index in [-0.39, 0.29) is 5.91 Å². The van der Waals surface area contributed by atoms with Crippen molar-refractivity contribution in [2.75, 3.05) is 12.8 Å². The van der Waals surface area contributed by atoms with E-state index in [9.17, 15) is 4.79 Å². The van der Waals surface area contributed by atoms with Crippen LogP contribution in [0.4, 0.5) is 5.82 Å². The summed E-state index contributed by atoms with van der Waals surface area (Å²) in [4.78, 5) is 20.9. The van der Waals surface area contributed by atoms with E-state index in [1.807, 2.05) is 22.9 Å². The Bertz CT molecular complexity index is 962. The van der Waals surface area contributed by atoms with E-state index in [1.165, 1.54) is 0 Å². The Morgan fingerprint density at radius 2 is 2.08 bits per heavy atom. The molecule has 7 heteroatoms. The number of rotatable bonds is 5. The number of nitrogens with zero attached hydrogens (tertiary/aromatic N) is 3. The highest BCUT2D eigenvalue weighted by atomic mass is 16.5. The van der Waals surface area contributed by atoms with Gasteiger partial charge in [0.25, 0.3) is 5.91 Å². The molecule has 1 aromatic carbocycles. The highest BCUT2D eigenvalue weighted by Gasteiger charge is 2.24. The van der Waals surface area contributed by atoms with Crippen LogP contribution in [0.5, 0.6) is 5.75 Å². The Hall–Kier alpha value is -3.35. The minimum absolute atomic E-state index is 0.0776. The maximum Gasteiger partial charge on any atom is 0.251 e. The molecule has 4 rings (SSSR count). The minimum Gasteiger partial charge on any atom is -0.495 e. The van der Waals surface area contributed by atoms with Crippen molar-refractivity contribution in [3.05, 3.63) is 54.5 Å². The molecule has 0 atom stereocenters. The smallest absolute Gasteiger partial charge is 0.251 e. The number of pyridine rings is 1.